The van der Waals surface area contributed by atoms with Gasteiger partial charge < -0.3 is 19.9 Å². The van der Waals surface area contributed by atoms with Crippen LogP contribution in [-0.4, -0.2) is 51.1 Å². The van der Waals surface area contributed by atoms with E-state index in [4.69, 9.17) is 4.74 Å². The van der Waals surface area contributed by atoms with Gasteiger partial charge in [0.25, 0.3) is 0 Å². The molecule has 4 rings (SSSR count). The summed E-state index contributed by atoms with van der Waals surface area (Å²) in [5, 5.41) is 3.32. The molecule has 0 radical (unpaired) electrons. The number of rotatable bonds is 6. The second kappa shape index (κ2) is 9.73. The van der Waals surface area contributed by atoms with Gasteiger partial charge in [-0.1, -0.05) is 49.6 Å². The van der Waals surface area contributed by atoms with Gasteiger partial charge in [-0.05, 0) is 49.2 Å². The standard InChI is InChI=1S/C26H35N3O2/c1-28-16-18-29(19-17-28)24-9-5-4-8-21(24)20-27-25(30)26(14-6-3-7-15-26)22-10-12-23(31-2)13-11-22/h4-5,8-13H,3,6-7,14-20H2,1-2H3,(H,27,30). The molecule has 0 bridgehead atoms. The zero-order valence-corrected chi connectivity index (χ0v) is 18.9. The Balaban J connectivity index is 1.51. The Labute approximate surface area is 186 Å². The van der Waals surface area contributed by atoms with E-state index in [2.05, 4.69) is 58.6 Å². The van der Waals surface area contributed by atoms with Crippen LogP contribution < -0.4 is 15.0 Å². The fraction of sp³-hybridized carbons (Fsp3) is 0.500. The minimum absolute atomic E-state index is 0.158. The smallest absolute Gasteiger partial charge is 0.230 e. The van der Waals surface area contributed by atoms with Crippen LogP contribution in [0.1, 0.15) is 43.2 Å². The Morgan fingerprint density at radius 2 is 1.65 bits per heavy atom. The van der Waals surface area contributed by atoms with Gasteiger partial charge in [-0.25, -0.2) is 0 Å². The first-order chi connectivity index (χ1) is 15.1. The van der Waals surface area contributed by atoms with Gasteiger partial charge in [0, 0.05) is 38.4 Å². The molecule has 1 N–H and O–H groups in total. The van der Waals surface area contributed by atoms with E-state index in [1.807, 2.05) is 12.1 Å². The third kappa shape index (κ3) is 4.72. The summed E-state index contributed by atoms with van der Waals surface area (Å²) >= 11 is 0. The number of benzene rings is 2. The molecule has 0 aromatic heterocycles. The number of carbonyl (C=O) groups is 1. The van der Waals surface area contributed by atoms with Crippen molar-refractivity contribution in [1.29, 1.82) is 0 Å². The maximum absolute atomic E-state index is 13.6. The van der Waals surface area contributed by atoms with Crippen LogP contribution in [-0.2, 0) is 16.8 Å². The number of hydrogen-bond donors (Lipinski definition) is 1. The molecule has 31 heavy (non-hydrogen) atoms. The van der Waals surface area contributed by atoms with E-state index in [9.17, 15) is 4.79 Å². The second-order valence-electron chi connectivity index (χ2n) is 8.97. The number of para-hydroxylation sites is 1. The van der Waals surface area contributed by atoms with Crippen molar-refractivity contribution in [3.63, 3.8) is 0 Å². The third-order valence-electron chi connectivity index (χ3n) is 7.06. The summed E-state index contributed by atoms with van der Waals surface area (Å²) in [6, 6.07) is 16.6. The van der Waals surface area contributed by atoms with Crippen LogP contribution >= 0.6 is 0 Å². The molecule has 1 saturated heterocycles. The third-order valence-corrected chi connectivity index (χ3v) is 7.06. The normalized spacial score (nSPS) is 19.1. The summed E-state index contributed by atoms with van der Waals surface area (Å²) in [4.78, 5) is 18.4. The quantitative estimate of drug-likeness (QED) is 0.767. The first kappa shape index (κ1) is 21.7. The Morgan fingerprint density at radius 1 is 0.968 bits per heavy atom. The molecule has 0 spiro atoms. The number of methoxy groups -OCH3 is 1. The fourth-order valence-electron chi connectivity index (χ4n) is 5.07. The maximum atomic E-state index is 13.6. The summed E-state index contributed by atoms with van der Waals surface area (Å²) < 4.78 is 5.32. The highest BCUT2D eigenvalue weighted by molar-refractivity contribution is 5.88. The van der Waals surface area contributed by atoms with Crippen LogP contribution in [0.25, 0.3) is 0 Å². The second-order valence-corrected chi connectivity index (χ2v) is 8.97. The van der Waals surface area contributed by atoms with E-state index < -0.39 is 5.41 Å². The van der Waals surface area contributed by atoms with Gasteiger partial charge in [0.05, 0.1) is 12.5 Å². The molecule has 1 aliphatic heterocycles. The van der Waals surface area contributed by atoms with E-state index >= 15 is 0 Å². The molecule has 0 atom stereocenters. The predicted octanol–water partition coefficient (Wildman–Crippen LogP) is 3.97. The van der Waals surface area contributed by atoms with Gasteiger partial charge in [0.1, 0.15) is 5.75 Å². The van der Waals surface area contributed by atoms with Gasteiger partial charge in [0.2, 0.25) is 5.91 Å². The summed E-state index contributed by atoms with van der Waals surface area (Å²) in [6.45, 7) is 4.76. The number of nitrogens with zero attached hydrogens (tertiary/aromatic N) is 2. The number of nitrogens with one attached hydrogen (secondary N) is 1. The highest BCUT2D eigenvalue weighted by atomic mass is 16.5. The number of ether oxygens (including phenoxy) is 1. The lowest BCUT2D eigenvalue weighted by atomic mass is 9.68. The molecule has 1 amide bonds. The number of carbonyl (C=O) groups excluding carboxylic acids is 1. The average molecular weight is 422 g/mol. The van der Waals surface area contributed by atoms with Crippen molar-refractivity contribution in [1.82, 2.24) is 10.2 Å². The molecule has 2 aromatic rings. The molecule has 0 unspecified atom stereocenters. The summed E-state index contributed by atoms with van der Waals surface area (Å²) in [5.41, 5.74) is 3.12. The Hall–Kier alpha value is -2.53. The number of anilines is 1. The number of amides is 1. The zero-order chi connectivity index (χ0) is 21.7. The first-order valence-electron chi connectivity index (χ1n) is 11.6. The monoisotopic (exact) mass is 421 g/mol. The maximum Gasteiger partial charge on any atom is 0.230 e. The van der Waals surface area contributed by atoms with Gasteiger partial charge in [0.15, 0.2) is 0 Å². The number of hydrogen-bond acceptors (Lipinski definition) is 4. The predicted molar refractivity (Wildman–Crippen MR) is 126 cm³/mol. The van der Waals surface area contributed by atoms with Crippen LogP contribution in [0.15, 0.2) is 48.5 Å². The molecule has 2 aliphatic rings. The highest BCUT2D eigenvalue weighted by Gasteiger charge is 2.41. The molecule has 1 saturated carbocycles. The summed E-state index contributed by atoms with van der Waals surface area (Å²) in [6.07, 6.45) is 5.21. The molecule has 5 nitrogen and oxygen atoms in total. The largest absolute Gasteiger partial charge is 0.497 e. The molecule has 1 heterocycles. The van der Waals surface area contributed by atoms with Crippen molar-refractivity contribution in [2.45, 2.75) is 44.1 Å². The van der Waals surface area contributed by atoms with Crippen molar-refractivity contribution >= 4 is 11.6 Å². The molecule has 2 aromatic carbocycles. The Bertz CT molecular complexity index is 866. The minimum Gasteiger partial charge on any atom is -0.497 e. The molecular formula is C26H35N3O2. The van der Waals surface area contributed by atoms with Crippen molar-refractivity contribution < 1.29 is 9.53 Å². The number of piperazine rings is 1. The number of likely N-dealkylation sites (N-methyl/N-ethyl adjacent to an activating group) is 1. The lowest BCUT2D eigenvalue weighted by Crippen LogP contribution is -2.46. The van der Waals surface area contributed by atoms with Gasteiger partial charge in [-0.15, -0.1) is 0 Å². The van der Waals surface area contributed by atoms with Crippen LogP contribution in [0.3, 0.4) is 0 Å². The van der Waals surface area contributed by atoms with Crippen LogP contribution in [0.5, 0.6) is 5.75 Å². The van der Waals surface area contributed by atoms with Crippen molar-refractivity contribution in [3.05, 3.63) is 59.7 Å². The average Bonchev–Trinajstić information content (AvgIpc) is 2.84. The zero-order valence-electron chi connectivity index (χ0n) is 18.9. The van der Waals surface area contributed by atoms with E-state index in [1.54, 1.807) is 7.11 Å². The Morgan fingerprint density at radius 3 is 2.32 bits per heavy atom. The van der Waals surface area contributed by atoms with E-state index in [0.29, 0.717) is 6.54 Å². The topological polar surface area (TPSA) is 44.8 Å². The first-order valence-corrected chi connectivity index (χ1v) is 11.6. The minimum atomic E-state index is -0.437. The highest BCUT2D eigenvalue weighted by Crippen LogP contribution is 2.40. The van der Waals surface area contributed by atoms with Crippen LogP contribution in [0, 0.1) is 0 Å². The van der Waals surface area contributed by atoms with Crippen LogP contribution in [0.2, 0.25) is 0 Å². The molecule has 166 valence electrons. The fourth-order valence-corrected chi connectivity index (χ4v) is 5.07. The molecule has 2 fully saturated rings. The summed E-state index contributed by atoms with van der Waals surface area (Å²) in [5.74, 6) is 0.988. The lowest BCUT2D eigenvalue weighted by molar-refractivity contribution is -0.128. The van der Waals surface area contributed by atoms with Gasteiger partial charge in [-0.3, -0.25) is 4.79 Å². The van der Waals surface area contributed by atoms with Crippen molar-refractivity contribution in [2.75, 3.05) is 45.2 Å². The Kier molecular flexibility index (Phi) is 6.81. The van der Waals surface area contributed by atoms with Crippen molar-refractivity contribution in [2.24, 2.45) is 0 Å². The van der Waals surface area contributed by atoms with E-state index in [1.165, 1.54) is 17.7 Å². The lowest BCUT2D eigenvalue weighted by Gasteiger charge is -2.37. The van der Waals surface area contributed by atoms with Gasteiger partial charge in [-0.2, -0.15) is 0 Å². The van der Waals surface area contributed by atoms with E-state index in [0.717, 1.165) is 63.2 Å². The van der Waals surface area contributed by atoms with Crippen LogP contribution in [0.4, 0.5) is 5.69 Å². The van der Waals surface area contributed by atoms with E-state index in [-0.39, 0.29) is 5.91 Å². The molecule has 1 aliphatic carbocycles. The SMILES string of the molecule is COc1ccc(C2(C(=O)NCc3ccccc3N3CCN(C)CC3)CCCCC2)cc1. The summed E-state index contributed by atoms with van der Waals surface area (Å²) in [7, 11) is 3.85. The molecule has 5 heteroatoms. The van der Waals surface area contributed by atoms with Gasteiger partial charge >= 0.3 is 0 Å². The molecular weight excluding hydrogens is 386 g/mol. The van der Waals surface area contributed by atoms with Crippen molar-refractivity contribution in [3.8, 4) is 5.75 Å².